The molecular formula is C10H10BrN3S. The lowest BCUT2D eigenvalue weighted by atomic mass is 10.2. The number of hydrogen-bond acceptors (Lipinski definition) is 4. The van der Waals surface area contributed by atoms with Crippen molar-refractivity contribution in [1.29, 1.82) is 0 Å². The van der Waals surface area contributed by atoms with Crippen molar-refractivity contribution in [3.05, 3.63) is 39.3 Å². The second kappa shape index (κ2) is 5.23. The van der Waals surface area contributed by atoms with Gasteiger partial charge in [0.05, 0.1) is 4.47 Å². The maximum Gasteiger partial charge on any atom is 0.222 e. The van der Waals surface area contributed by atoms with Gasteiger partial charge in [-0.25, -0.2) is 9.97 Å². The smallest absolute Gasteiger partial charge is 0.222 e. The van der Waals surface area contributed by atoms with Gasteiger partial charge in [0, 0.05) is 18.9 Å². The maximum absolute atomic E-state index is 4.13. The number of hydrogen-bond donors (Lipinski definition) is 1. The van der Waals surface area contributed by atoms with Gasteiger partial charge < -0.3 is 5.32 Å². The Bertz CT molecular complexity index is 399. The maximum atomic E-state index is 4.13. The molecule has 78 valence electrons. The minimum atomic E-state index is 0.674. The lowest BCUT2D eigenvalue weighted by molar-refractivity contribution is 0.986. The summed E-state index contributed by atoms with van der Waals surface area (Å²) in [5.41, 5.74) is 1.35. The average Bonchev–Trinajstić information content (AvgIpc) is 2.74. The highest BCUT2D eigenvalue weighted by molar-refractivity contribution is 9.10. The molecular weight excluding hydrogens is 274 g/mol. The van der Waals surface area contributed by atoms with Crippen LogP contribution in [0.15, 0.2) is 33.7 Å². The van der Waals surface area contributed by atoms with Crippen molar-refractivity contribution in [2.24, 2.45) is 0 Å². The summed E-state index contributed by atoms with van der Waals surface area (Å²) < 4.78 is 0.894. The predicted molar refractivity (Wildman–Crippen MR) is 66.2 cm³/mol. The fraction of sp³-hybridized carbons (Fsp3) is 0.200. The summed E-state index contributed by atoms with van der Waals surface area (Å²) in [7, 11) is 0. The van der Waals surface area contributed by atoms with E-state index in [4.69, 9.17) is 0 Å². The highest BCUT2D eigenvalue weighted by Crippen LogP contribution is 2.08. The van der Waals surface area contributed by atoms with Crippen molar-refractivity contribution in [2.75, 3.05) is 11.9 Å². The summed E-state index contributed by atoms with van der Waals surface area (Å²) in [6.07, 6.45) is 4.47. The molecule has 5 heteroatoms. The molecule has 2 heterocycles. The van der Waals surface area contributed by atoms with Crippen molar-refractivity contribution in [3.63, 3.8) is 0 Å². The molecule has 3 nitrogen and oxygen atoms in total. The molecule has 2 aromatic heterocycles. The zero-order valence-corrected chi connectivity index (χ0v) is 10.4. The first kappa shape index (κ1) is 10.6. The van der Waals surface area contributed by atoms with E-state index in [-0.39, 0.29) is 0 Å². The second-order valence-corrected chi connectivity index (χ2v) is 4.73. The zero-order valence-electron chi connectivity index (χ0n) is 7.98. The molecule has 0 saturated heterocycles. The van der Waals surface area contributed by atoms with Crippen LogP contribution < -0.4 is 5.32 Å². The molecule has 0 saturated carbocycles. The Kier molecular flexibility index (Phi) is 3.69. The van der Waals surface area contributed by atoms with E-state index >= 15 is 0 Å². The number of thiophene rings is 1. The largest absolute Gasteiger partial charge is 0.354 e. The second-order valence-electron chi connectivity index (χ2n) is 3.03. The first-order valence-corrected chi connectivity index (χ1v) is 6.30. The van der Waals surface area contributed by atoms with Crippen molar-refractivity contribution in [3.8, 4) is 0 Å². The average molecular weight is 284 g/mol. The quantitative estimate of drug-likeness (QED) is 0.938. The lowest BCUT2D eigenvalue weighted by Gasteiger charge is -2.02. The number of nitrogens with one attached hydrogen (secondary N) is 1. The zero-order chi connectivity index (χ0) is 10.5. The van der Waals surface area contributed by atoms with Crippen molar-refractivity contribution in [2.45, 2.75) is 6.42 Å². The third-order valence-electron chi connectivity index (χ3n) is 1.90. The number of aromatic nitrogens is 2. The monoisotopic (exact) mass is 283 g/mol. The van der Waals surface area contributed by atoms with Crippen LogP contribution in [0.4, 0.5) is 5.95 Å². The van der Waals surface area contributed by atoms with E-state index in [1.165, 1.54) is 5.56 Å². The van der Waals surface area contributed by atoms with Gasteiger partial charge in [-0.15, -0.1) is 0 Å². The fourth-order valence-corrected chi connectivity index (χ4v) is 2.07. The molecule has 0 spiro atoms. The summed E-state index contributed by atoms with van der Waals surface area (Å²) >= 11 is 5.02. The summed E-state index contributed by atoms with van der Waals surface area (Å²) in [5.74, 6) is 0.674. The summed E-state index contributed by atoms with van der Waals surface area (Å²) in [5, 5.41) is 7.42. The first-order valence-electron chi connectivity index (χ1n) is 4.57. The molecule has 2 rings (SSSR count). The van der Waals surface area contributed by atoms with E-state index in [1.54, 1.807) is 23.7 Å². The number of anilines is 1. The van der Waals surface area contributed by atoms with Gasteiger partial charge in [-0.05, 0) is 44.7 Å². The van der Waals surface area contributed by atoms with Gasteiger partial charge in [-0.2, -0.15) is 11.3 Å². The van der Waals surface area contributed by atoms with Crippen LogP contribution in [0.5, 0.6) is 0 Å². The molecule has 15 heavy (non-hydrogen) atoms. The van der Waals surface area contributed by atoms with Gasteiger partial charge in [-0.3, -0.25) is 0 Å². The number of nitrogens with zero attached hydrogens (tertiary/aromatic N) is 2. The molecule has 0 unspecified atom stereocenters. The first-order chi connectivity index (χ1) is 7.34. The van der Waals surface area contributed by atoms with Gasteiger partial charge >= 0.3 is 0 Å². The predicted octanol–water partition coefficient (Wildman–Crippen LogP) is 2.96. The Morgan fingerprint density at radius 1 is 1.33 bits per heavy atom. The summed E-state index contributed by atoms with van der Waals surface area (Å²) in [6, 6.07) is 2.13. The van der Waals surface area contributed by atoms with E-state index in [2.05, 4.69) is 48.0 Å². The van der Waals surface area contributed by atoms with E-state index in [0.29, 0.717) is 5.95 Å². The Labute approximate surface area is 101 Å². The molecule has 0 radical (unpaired) electrons. The van der Waals surface area contributed by atoms with Crippen LogP contribution >= 0.6 is 27.3 Å². The molecule has 0 aliphatic heterocycles. The van der Waals surface area contributed by atoms with E-state index in [9.17, 15) is 0 Å². The molecule has 2 aromatic rings. The van der Waals surface area contributed by atoms with E-state index in [1.807, 2.05) is 0 Å². The number of halogens is 1. The molecule has 0 aromatic carbocycles. The van der Waals surface area contributed by atoms with Crippen molar-refractivity contribution >= 4 is 33.2 Å². The van der Waals surface area contributed by atoms with Gasteiger partial charge in [-0.1, -0.05) is 0 Å². The Morgan fingerprint density at radius 2 is 2.13 bits per heavy atom. The molecule has 0 atom stereocenters. The van der Waals surface area contributed by atoms with Gasteiger partial charge in [0.2, 0.25) is 5.95 Å². The standard InChI is InChI=1S/C10H10BrN3S/c11-9-5-13-10(14-6-9)12-3-1-8-2-4-15-7-8/h2,4-7H,1,3H2,(H,12,13,14). The van der Waals surface area contributed by atoms with Gasteiger partial charge in [0.1, 0.15) is 0 Å². The highest BCUT2D eigenvalue weighted by Gasteiger charge is 1.96. The Morgan fingerprint density at radius 3 is 2.80 bits per heavy atom. The third-order valence-corrected chi connectivity index (χ3v) is 3.04. The van der Waals surface area contributed by atoms with Crippen molar-refractivity contribution < 1.29 is 0 Å². The number of rotatable bonds is 4. The van der Waals surface area contributed by atoms with Crippen LogP contribution in [-0.2, 0) is 6.42 Å². The van der Waals surface area contributed by atoms with Crippen LogP contribution in [-0.4, -0.2) is 16.5 Å². The highest BCUT2D eigenvalue weighted by atomic mass is 79.9. The Balaban J connectivity index is 1.81. The van der Waals surface area contributed by atoms with Crippen LogP contribution in [0, 0.1) is 0 Å². The molecule has 0 bridgehead atoms. The summed E-state index contributed by atoms with van der Waals surface area (Å²) in [4.78, 5) is 8.26. The Hall–Kier alpha value is -0.940. The van der Waals surface area contributed by atoms with Crippen LogP contribution in [0.1, 0.15) is 5.56 Å². The summed E-state index contributed by atoms with van der Waals surface area (Å²) in [6.45, 7) is 0.859. The molecule has 0 aliphatic carbocycles. The topological polar surface area (TPSA) is 37.8 Å². The van der Waals surface area contributed by atoms with Crippen LogP contribution in [0.2, 0.25) is 0 Å². The lowest BCUT2D eigenvalue weighted by Crippen LogP contribution is -2.07. The molecule has 0 aliphatic rings. The minimum absolute atomic E-state index is 0.674. The van der Waals surface area contributed by atoms with E-state index in [0.717, 1.165) is 17.4 Å². The van der Waals surface area contributed by atoms with Gasteiger partial charge in [0.25, 0.3) is 0 Å². The van der Waals surface area contributed by atoms with Crippen molar-refractivity contribution in [1.82, 2.24) is 9.97 Å². The SMILES string of the molecule is Brc1cnc(NCCc2ccsc2)nc1. The third kappa shape index (κ3) is 3.28. The molecule has 1 N–H and O–H groups in total. The normalized spacial score (nSPS) is 10.2. The van der Waals surface area contributed by atoms with Crippen LogP contribution in [0.25, 0.3) is 0 Å². The van der Waals surface area contributed by atoms with E-state index < -0.39 is 0 Å². The fourth-order valence-electron chi connectivity index (χ4n) is 1.16. The molecule has 0 fully saturated rings. The van der Waals surface area contributed by atoms with Gasteiger partial charge in [0.15, 0.2) is 0 Å². The van der Waals surface area contributed by atoms with Crippen LogP contribution in [0.3, 0.4) is 0 Å². The molecule has 0 amide bonds. The minimum Gasteiger partial charge on any atom is -0.354 e.